The molecule has 1 aliphatic rings. The van der Waals surface area contributed by atoms with Crippen LogP contribution in [0.1, 0.15) is 45.5 Å². The second kappa shape index (κ2) is 11.5. The maximum absolute atomic E-state index is 13.7. The Morgan fingerprint density at radius 3 is 2.43 bits per heavy atom. The standard InChI is InChI=1S/C28H31N3O4/c1-34-24-15-14-21(18-25(24)35-2)27(32)30-19-20-9-8-10-22(17-20)28(33)31(23-11-4-3-5-12-23)26-13-6-7-16-29-26/h3-5,8-12,14-15,17-18,26,29H,6-7,13,16,19H2,1-2H3,(H,30,32). The predicted molar refractivity (Wildman–Crippen MR) is 136 cm³/mol. The first-order valence-electron chi connectivity index (χ1n) is 11.8. The first kappa shape index (κ1) is 24.3. The molecule has 0 aliphatic carbocycles. The van der Waals surface area contributed by atoms with Gasteiger partial charge in [0.1, 0.15) is 0 Å². The fourth-order valence-corrected chi connectivity index (χ4v) is 4.30. The van der Waals surface area contributed by atoms with E-state index < -0.39 is 0 Å². The fourth-order valence-electron chi connectivity index (χ4n) is 4.30. The summed E-state index contributed by atoms with van der Waals surface area (Å²) in [6.07, 6.45) is 3.05. The van der Waals surface area contributed by atoms with Gasteiger partial charge in [-0.3, -0.25) is 19.8 Å². The van der Waals surface area contributed by atoms with Crippen molar-refractivity contribution in [1.82, 2.24) is 10.6 Å². The summed E-state index contributed by atoms with van der Waals surface area (Å²) in [6, 6.07) is 22.2. The fraction of sp³-hybridized carbons (Fsp3) is 0.286. The Balaban J connectivity index is 1.49. The number of hydrogen-bond acceptors (Lipinski definition) is 5. The SMILES string of the molecule is COc1ccc(C(=O)NCc2cccc(C(=O)N(c3ccccc3)C3CCCCN3)c2)cc1OC. The lowest BCUT2D eigenvalue weighted by atomic mass is 10.1. The Bertz CT molecular complexity index is 1160. The molecular formula is C28H31N3O4. The Labute approximate surface area is 206 Å². The van der Waals surface area contributed by atoms with E-state index in [0.29, 0.717) is 29.2 Å². The van der Waals surface area contributed by atoms with Gasteiger partial charge in [0.25, 0.3) is 11.8 Å². The summed E-state index contributed by atoms with van der Waals surface area (Å²) >= 11 is 0. The Morgan fingerprint density at radius 1 is 0.914 bits per heavy atom. The number of carbonyl (C=O) groups excluding carboxylic acids is 2. The summed E-state index contributed by atoms with van der Waals surface area (Å²) in [7, 11) is 3.08. The van der Waals surface area contributed by atoms with Crippen molar-refractivity contribution in [2.24, 2.45) is 0 Å². The molecule has 7 heteroatoms. The van der Waals surface area contributed by atoms with Crippen molar-refractivity contribution in [2.75, 3.05) is 25.7 Å². The van der Waals surface area contributed by atoms with E-state index in [9.17, 15) is 9.59 Å². The molecule has 2 amide bonds. The van der Waals surface area contributed by atoms with Gasteiger partial charge in [-0.2, -0.15) is 0 Å². The highest BCUT2D eigenvalue weighted by Gasteiger charge is 2.27. The molecule has 1 aliphatic heterocycles. The number of methoxy groups -OCH3 is 2. The lowest BCUT2D eigenvalue weighted by molar-refractivity contribution is 0.0948. The van der Waals surface area contributed by atoms with E-state index in [1.807, 2.05) is 59.5 Å². The maximum atomic E-state index is 13.7. The summed E-state index contributed by atoms with van der Waals surface area (Å²) in [6.45, 7) is 1.19. The number of amides is 2. The quantitative estimate of drug-likeness (QED) is 0.508. The largest absolute Gasteiger partial charge is 0.493 e. The minimum atomic E-state index is -0.236. The van der Waals surface area contributed by atoms with Gasteiger partial charge >= 0.3 is 0 Å². The molecule has 0 aromatic heterocycles. The maximum Gasteiger partial charge on any atom is 0.259 e. The van der Waals surface area contributed by atoms with E-state index in [4.69, 9.17) is 9.47 Å². The second-order valence-electron chi connectivity index (χ2n) is 8.43. The Morgan fingerprint density at radius 2 is 1.71 bits per heavy atom. The minimum absolute atomic E-state index is 0.0490. The van der Waals surface area contributed by atoms with Crippen LogP contribution in [0.25, 0.3) is 0 Å². The third-order valence-corrected chi connectivity index (χ3v) is 6.12. The van der Waals surface area contributed by atoms with Crippen molar-refractivity contribution < 1.29 is 19.1 Å². The van der Waals surface area contributed by atoms with Crippen LogP contribution in [0.15, 0.2) is 72.8 Å². The van der Waals surface area contributed by atoms with Gasteiger partial charge in [-0.15, -0.1) is 0 Å². The Kier molecular flexibility index (Phi) is 8.00. The zero-order valence-corrected chi connectivity index (χ0v) is 20.1. The van der Waals surface area contributed by atoms with E-state index in [2.05, 4.69) is 10.6 Å². The molecule has 35 heavy (non-hydrogen) atoms. The molecule has 3 aromatic carbocycles. The Hall–Kier alpha value is -3.84. The normalized spacial score (nSPS) is 15.2. The van der Waals surface area contributed by atoms with Crippen molar-refractivity contribution in [2.45, 2.75) is 32.0 Å². The van der Waals surface area contributed by atoms with Crippen LogP contribution in [0.4, 0.5) is 5.69 Å². The van der Waals surface area contributed by atoms with Gasteiger partial charge < -0.3 is 14.8 Å². The number of rotatable bonds is 8. The molecule has 1 fully saturated rings. The topological polar surface area (TPSA) is 79.9 Å². The van der Waals surface area contributed by atoms with E-state index in [-0.39, 0.29) is 18.0 Å². The first-order valence-corrected chi connectivity index (χ1v) is 11.8. The number of nitrogens with one attached hydrogen (secondary N) is 2. The number of piperidine rings is 1. The van der Waals surface area contributed by atoms with Crippen molar-refractivity contribution >= 4 is 17.5 Å². The molecule has 7 nitrogen and oxygen atoms in total. The number of ether oxygens (including phenoxy) is 2. The van der Waals surface area contributed by atoms with Crippen LogP contribution in [-0.4, -0.2) is 38.7 Å². The number of benzene rings is 3. The summed E-state index contributed by atoms with van der Waals surface area (Å²) in [5.41, 5.74) is 2.76. The summed E-state index contributed by atoms with van der Waals surface area (Å²) in [5.74, 6) is 0.749. The van der Waals surface area contributed by atoms with E-state index in [0.717, 1.165) is 37.1 Å². The number of anilines is 1. The van der Waals surface area contributed by atoms with Crippen LogP contribution < -0.4 is 25.0 Å². The van der Waals surface area contributed by atoms with Crippen LogP contribution in [0.5, 0.6) is 11.5 Å². The summed E-state index contributed by atoms with van der Waals surface area (Å²) in [4.78, 5) is 28.2. The third-order valence-electron chi connectivity index (χ3n) is 6.12. The zero-order valence-electron chi connectivity index (χ0n) is 20.1. The van der Waals surface area contributed by atoms with Gasteiger partial charge in [-0.25, -0.2) is 0 Å². The number of nitrogens with zero attached hydrogens (tertiary/aromatic N) is 1. The summed E-state index contributed by atoms with van der Waals surface area (Å²) in [5, 5.41) is 6.41. The highest BCUT2D eigenvalue weighted by molar-refractivity contribution is 6.06. The van der Waals surface area contributed by atoms with Crippen molar-refractivity contribution in [3.63, 3.8) is 0 Å². The lowest BCUT2D eigenvalue weighted by Crippen LogP contribution is -2.51. The van der Waals surface area contributed by atoms with E-state index in [1.54, 1.807) is 25.3 Å². The van der Waals surface area contributed by atoms with Gasteiger partial charge in [-0.1, -0.05) is 30.3 Å². The molecule has 0 radical (unpaired) electrons. The summed E-state index contributed by atoms with van der Waals surface area (Å²) < 4.78 is 10.5. The van der Waals surface area contributed by atoms with Gasteiger partial charge in [0.05, 0.1) is 20.4 Å². The molecule has 2 N–H and O–H groups in total. The smallest absolute Gasteiger partial charge is 0.259 e. The second-order valence-corrected chi connectivity index (χ2v) is 8.43. The number of para-hydroxylation sites is 1. The zero-order chi connectivity index (χ0) is 24.6. The van der Waals surface area contributed by atoms with Crippen molar-refractivity contribution in [1.29, 1.82) is 0 Å². The van der Waals surface area contributed by atoms with Crippen LogP contribution in [0.2, 0.25) is 0 Å². The van der Waals surface area contributed by atoms with Crippen molar-refractivity contribution in [3.05, 3.63) is 89.5 Å². The highest BCUT2D eigenvalue weighted by Crippen LogP contribution is 2.27. The van der Waals surface area contributed by atoms with Crippen LogP contribution >= 0.6 is 0 Å². The molecule has 1 saturated heterocycles. The number of hydrogen-bond donors (Lipinski definition) is 2. The average molecular weight is 474 g/mol. The molecule has 0 saturated carbocycles. The van der Waals surface area contributed by atoms with Crippen LogP contribution in [0.3, 0.4) is 0 Å². The predicted octanol–water partition coefficient (Wildman–Crippen LogP) is 4.38. The van der Waals surface area contributed by atoms with Gasteiger partial charge in [0.15, 0.2) is 11.5 Å². The molecule has 3 aromatic rings. The molecule has 182 valence electrons. The molecule has 0 bridgehead atoms. The van der Waals surface area contributed by atoms with Crippen LogP contribution in [0, 0.1) is 0 Å². The van der Waals surface area contributed by atoms with Crippen LogP contribution in [-0.2, 0) is 6.54 Å². The molecular weight excluding hydrogens is 442 g/mol. The molecule has 1 unspecified atom stereocenters. The van der Waals surface area contributed by atoms with Gasteiger partial charge in [-0.05, 0) is 73.8 Å². The average Bonchev–Trinajstić information content (AvgIpc) is 2.92. The third kappa shape index (κ3) is 5.81. The van der Waals surface area contributed by atoms with Crippen molar-refractivity contribution in [3.8, 4) is 11.5 Å². The van der Waals surface area contributed by atoms with E-state index >= 15 is 0 Å². The molecule has 4 rings (SSSR count). The van der Waals surface area contributed by atoms with Gasteiger partial charge in [0.2, 0.25) is 0 Å². The number of carbonyl (C=O) groups is 2. The molecule has 1 heterocycles. The minimum Gasteiger partial charge on any atom is -0.493 e. The molecule has 0 spiro atoms. The first-order chi connectivity index (χ1) is 17.1. The van der Waals surface area contributed by atoms with Gasteiger partial charge in [0, 0.05) is 23.4 Å². The lowest BCUT2D eigenvalue weighted by Gasteiger charge is -2.35. The monoisotopic (exact) mass is 473 g/mol. The van der Waals surface area contributed by atoms with E-state index in [1.165, 1.54) is 7.11 Å². The highest BCUT2D eigenvalue weighted by atomic mass is 16.5. The molecule has 1 atom stereocenters.